The minimum Gasteiger partial charge on any atom is -0.309 e. The second-order valence-corrected chi connectivity index (χ2v) is 5.15. The molecule has 1 aromatic carbocycles. The lowest BCUT2D eigenvalue weighted by molar-refractivity contribution is 0.294. The zero-order chi connectivity index (χ0) is 13.5. The molecule has 0 aliphatic rings. The van der Waals surface area contributed by atoms with Gasteiger partial charge >= 0.3 is 0 Å². The number of nitrogens with zero attached hydrogens (tertiary/aromatic N) is 3. The summed E-state index contributed by atoms with van der Waals surface area (Å²) < 4.78 is 0. The molecule has 0 fully saturated rings. The summed E-state index contributed by atoms with van der Waals surface area (Å²) in [7, 11) is 6.35. The first kappa shape index (κ1) is 14.7. The monoisotopic (exact) mass is 245 g/mol. The maximum atomic E-state index is 8.84. The van der Waals surface area contributed by atoms with Crippen molar-refractivity contribution in [3.63, 3.8) is 0 Å². The van der Waals surface area contributed by atoms with Gasteiger partial charge in [0.1, 0.15) is 0 Å². The second-order valence-electron chi connectivity index (χ2n) is 5.15. The number of hydrogen-bond donors (Lipinski definition) is 0. The second kappa shape index (κ2) is 7.15. The van der Waals surface area contributed by atoms with E-state index in [0.29, 0.717) is 0 Å². The fourth-order valence-electron chi connectivity index (χ4n) is 1.97. The van der Waals surface area contributed by atoms with E-state index in [-0.39, 0.29) is 0 Å². The highest BCUT2D eigenvalue weighted by Crippen LogP contribution is 2.12. The van der Waals surface area contributed by atoms with E-state index in [1.807, 2.05) is 12.1 Å². The Morgan fingerprint density at radius 2 is 1.89 bits per heavy atom. The number of hydrogen-bond acceptors (Lipinski definition) is 3. The molecule has 0 atom stereocenters. The topological polar surface area (TPSA) is 30.3 Å². The van der Waals surface area contributed by atoms with Crippen molar-refractivity contribution in [2.24, 2.45) is 0 Å². The molecule has 3 heteroatoms. The van der Waals surface area contributed by atoms with Crippen molar-refractivity contribution < 1.29 is 0 Å². The maximum absolute atomic E-state index is 8.84. The Balaban J connectivity index is 2.49. The van der Waals surface area contributed by atoms with Crippen molar-refractivity contribution in [2.75, 3.05) is 34.2 Å². The molecule has 0 saturated heterocycles. The van der Waals surface area contributed by atoms with E-state index >= 15 is 0 Å². The van der Waals surface area contributed by atoms with Gasteiger partial charge in [-0.3, -0.25) is 0 Å². The van der Waals surface area contributed by atoms with Gasteiger partial charge in [-0.15, -0.1) is 0 Å². The Morgan fingerprint density at radius 1 is 1.17 bits per heavy atom. The van der Waals surface area contributed by atoms with Gasteiger partial charge in [0.25, 0.3) is 0 Å². The molecule has 0 aromatic heterocycles. The Morgan fingerprint density at radius 3 is 2.44 bits per heavy atom. The van der Waals surface area contributed by atoms with Gasteiger partial charge in [-0.2, -0.15) is 5.26 Å². The number of nitriles is 1. The summed E-state index contributed by atoms with van der Waals surface area (Å²) >= 11 is 0. The first-order valence-electron chi connectivity index (χ1n) is 6.36. The van der Waals surface area contributed by atoms with Gasteiger partial charge in [0.15, 0.2) is 0 Å². The highest BCUT2D eigenvalue weighted by molar-refractivity contribution is 5.37. The standard InChI is InChI=1S/C15H23N3/c1-13-10-14(11-16)6-7-15(13)12-18(4)9-5-8-17(2)3/h6-7,10H,5,8-9,12H2,1-4H3. The molecular weight excluding hydrogens is 222 g/mol. The summed E-state index contributed by atoms with van der Waals surface area (Å²) in [6.07, 6.45) is 1.18. The van der Waals surface area contributed by atoms with E-state index in [1.165, 1.54) is 17.5 Å². The van der Waals surface area contributed by atoms with E-state index < -0.39 is 0 Å². The molecule has 0 unspecified atom stereocenters. The molecule has 0 N–H and O–H groups in total. The van der Waals surface area contributed by atoms with Crippen molar-refractivity contribution in [3.05, 3.63) is 34.9 Å². The molecule has 0 radical (unpaired) electrons. The summed E-state index contributed by atoms with van der Waals surface area (Å²) in [5.74, 6) is 0. The molecule has 0 amide bonds. The van der Waals surface area contributed by atoms with Crippen LogP contribution >= 0.6 is 0 Å². The van der Waals surface area contributed by atoms with Crippen molar-refractivity contribution >= 4 is 0 Å². The third-order valence-electron chi connectivity index (χ3n) is 3.06. The average Bonchev–Trinajstić information content (AvgIpc) is 2.31. The number of aryl methyl sites for hydroxylation is 1. The van der Waals surface area contributed by atoms with Crippen LogP contribution in [0.2, 0.25) is 0 Å². The van der Waals surface area contributed by atoms with E-state index in [4.69, 9.17) is 5.26 Å². The largest absolute Gasteiger partial charge is 0.309 e. The molecule has 3 nitrogen and oxygen atoms in total. The molecular formula is C15H23N3. The summed E-state index contributed by atoms with van der Waals surface area (Å²) in [4.78, 5) is 4.54. The quantitative estimate of drug-likeness (QED) is 0.770. The van der Waals surface area contributed by atoms with Crippen LogP contribution in [0.1, 0.15) is 23.1 Å². The molecule has 0 spiro atoms. The predicted octanol–water partition coefficient (Wildman–Crippen LogP) is 2.25. The SMILES string of the molecule is Cc1cc(C#N)ccc1CN(C)CCCN(C)C. The molecule has 0 aliphatic carbocycles. The van der Waals surface area contributed by atoms with Crippen molar-refractivity contribution in [2.45, 2.75) is 19.9 Å². The van der Waals surface area contributed by atoms with Crippen LogP contribution in [0.15, 0.2) is 18.2 Å². The summed E-state index contributed by atoms with van der Waals surface area (Å²) in [5, 5.41) is 8.84. The number of rotatable bonds is 6. The van der Waals surface area contributed by atoms with Gasteiger partial charge in [0.2, 0.25) is 0 Å². The summed E-state index contributed by atoms with van der Waals surface area (Å²) in [6.45, 7) is 5.24. The van der Waals surface area contributed by atoms with E-state index in [1.54, 1.807) is 0 Å². The first-order chi connectivity index (χ1) is 8.52. The molecule has 0 aliphatic heterocycles. The van der Waals surface area contributed by atoms with Gasteiger partial charge in [-0.25, -0.2) is 0 Å². The van der Waals surface area contributed by atoms with Crippen molar-refractivity contribution in [1.82, 2.24) is 9.80 Å². The van der Waals surface area contributed by atoms with Crippen LogP contribution in [-0.2, 0) is 6.54 Å². The summed E-state index contributed by atoms with van der Waals surface area (Å²) in [5.41, 5.74) is 3.25. The van der Waals surface area contributed by atoms with Gasteiger partial charge in [0.05, 0.1) is 11.6 Å². The van der Waals surface area contributed by atoms with Crippen LogP contribution in [-0.4, -0.2) is 44.0 Å². The Bertz CT molecular complexity index is 418. The molecule has 98 valence electrons. The van der Waals surface area contributed by atoms with Gasteiger partial charge < -0.3 is 9.80 Å². The van der Waals surface area contributed by atoms with E-state index in [9.17, 15) is 0 Å². The lowest BCUT2D eigenvalue weighted by Crippen LogP contribution is -2.23. The Labute approximate surface area is 111 Å². The molecule has 18 heavy (non-hydrogen) atoms. The fraction of sp³-hybridized carbons (Fsp3) is 0.533. The average molecular weight is 245 g/mol. The van der Waals surface area contributed by atoms with Crippen LogP contribution in [0.25, 0.3) is 0 Å². The molecule has 0 heterocycles. The third kappa shape index (κ3) is 4.87. The molecule has 1 aromatic rings. The Kier molecular flexibility index (Phi) is 5.84. The predicted molar refractivity (Wildman–Crippen MR) is 75.4 cm³/mol. The lowest BCUT2D eigenvalue weighted by Gasteiger charge is -2.19. The van der Waals surface area contributed by atoms with Crippen LogP contribution in [0.4, 0.5) is 0 Å². The van der Waals surface area contributed by atoms with Crippen molar-refractivity contribution in [3.8, 4) is 6.07 Å². The zero-order valence-electron chi connectivity index (χ0n) is 11.9. The minimum atomic E-state index is 0.742. The zero-order valence-corrected chi connectivity index (χ0v) is 11.9. The lowest BCUT2D eigenvalue weighted by atomic mass is 10.1. The van der Waals surface area contributed by atoms with Crippen molar-refractivity contribution in [1.29, 1.82) is 5.26 Å². The Hall–Kier alpha value is -1.37. The highest BCUT2D eigenvalue weighted by atomic mass is 15.1. The van der Waals surface area contributed by atoms with E-state index in [2.05, 4.69) is 50.0 Å². The van der Waals surface area contributed by atoms with Crippen LogP contribution in [0.5, 0.6) is 0 Å². The van der Waals surface area contributed by atoms with Gasteiger partial charge in [0, 0.05) is 6.54 Å². The van der Waals surface area contributed by atoms with Crippen LogP contribution in [0, 0.1) is 18.3 Å². The molecule has 1 rings (SSSR count). The first-order valence-corrected chi connectivity index (χ1v) is 6.36. The van der Waals surface area contributed by atoms with Crippen LogP contribution in [0.3, 0.4) is 0 Å². The summed E-state index contributed by atoms with van der Waals surface area (Å²) in [6, 6.07) is 8.10. The fourth-order valence-corrected chi connectivity index (χ4v) is 1.97. The minimum absolute atomic E-state index is 0.742. The normalized spacial score (nSPS) is 10.9. The maximum Gasteiger partial charge on any atom is 0.0991 e. The molecule has 0 saturated carbocycles. The smallest absolute Gasteiger partial charge is 0.0991 e. The highest BCUT2D eigenvalue weighted by Gasteiger charge is 2.04. The van der Waals surface area contributed by atoms with E-state index in [0.717, 1.165) is 25.2 Å². The molecule has 0 bridgehead atoms. The number of benzene rings is 1. The third-order valence-corrected chi connectivity index (χ3v) is 3.06. The van der Waals surface area contributed by atoms with Gasteiger partial charge in [-0.05, 0) is 70.8 Å². The van der Waals surface area contributed by atoms with Crippen LogP contribution < -0.4 is 0 Å². The van der Waals surface area contributed by atoms with Gasteiger partial charge in [-0.1, -0.05) is 6.07 Å².